The first-order chi connectivity index (χ1) is 13.7. The Labute approximate surface area is 167 Å². The summed E-state index contributed by atoms with van der Waals surface area (Å²) in [6, 6.07) is -0.432. The lowest BCUT2D eigenvalue weighted by Crippen LogP contribution is -2.50. The standard InChI is InChI=1S/C21H24N2O6/c1-8-5-9(21(28)29)7-10(6-8)23-19(26)15-11-3-4-12(16(15)20(23)27)14-13(11)17(24)22(2)18(14)25/h3-4,8-16H,5-7H2,1-2H3,(H,28,29). The molecule has 9 unspecified atom stereocenters. The van der Waals surface area contributed by atoms with E-state index in [1.165, 1.54) is 11.9 Å². The molecule has 4 amide bonds. The number of carboxylic acids is 1. The fourth-order valence-corrected chi connectivity index (χ4v) is 6.74. The van der Waals surface area contributed by atoms with Crippen LogP contribution in [0.5, 0.6) is 0 Å². The Hall–Kier alpha value is -2.51. The lowest BCUT2D eigenvalue weighted by atomic mass is 9.54. The van der Waals surface area contributed by atoms with Crippen molar-refractivity contribution in [2.75, 3.05) is 7.05 Å². The minimum atomic E-state index is -0.895. The number of carbonyl (C=O) groups is 5. The summed E-state index contributed by atoms with van der Waals surface area (Å²) in [7, 11) is 1.46. The van der Waals surface area contributed by atoms with E-state index < -0.39 is 53.4 Å². The van der Waals surface area contributed by atoms with Gasteiger partial charge in [-0.1, -0.05) is 19.1 Å². The Kier molecular flexibility index (Phi) is 3.83. The highest BCUT2D eigenvalue weighted by molar-refractivity contribution is 6.10. The highest BCUT2D eigenvalue weighted by Gasteiger charge is 2.68. The number of hydrogen-bond acceptors (Lipinski definition) is 5. The minimum Gasteiger partial charge on any atom is -0.481 e. The summed E-state index contributed by atoms with van der Waals surface area (Å²) < 4.78 is 0. The Balaban J connectivity index is 1.49. The fourth-order valence-electron chi connectivity index (χ4n) is 6.74. The van der Waals surface area contributed by atoms with Gasteiger partial charge in [0.25, 0.3) is 0 Å². The molecule has 2 saturated carbocycles. The topological polar surface area (TPSA) is 112 Å². The summed E-state index contributed by atoms with van der Waals surface area (Å²) in [5, 5.41) is 9.46. The van der Waals surface area contributed by atoms with Crippen molar-refractivity contribution in [2.45, 2.75) is 32.2 Å². The molecule has 6 aliphatic rings. The van der Waals surface area contributed by atoms with Crippen LogP contribution in [0.15, 0.2) is 12.2 Å². The second kappa shape index (κ2) is 6.00. The quantitative estimate of drug-likeness (QED) is 0.534. The minimum absolute atomic E-state index is 0.101. The Morgan fingerprint density at radius 1 is 0.862 bits per heavy atom. The molecule has 2 saturated heterocycles. The predicted molar refractivity (Wildman–Crippen MR) is 97.6 cm³/mol. The maximum Gasteiger partial charge on any atom is 0.306 e. The number of rotatable bonds is 2. The van der Waals surface area contributed by atoms with E-state index in [2.05, 4.69) is 0 Å². The first-order valence-electron chi connectivity index (χ1n) is 10.3. The van der Waals surface area contributed by atoms with Gasteiger partial charge in [0, 0.05) is 24.9 Å². The molecular weight excluding hydrogens is 376 g/mol. The SMILES string of the molecule is CC1CC(C(=O)O)CC(N2C(=O)C3C4C=CC(C5C(=O)N(C)C(=O)C45)C3C2=O)C1. The summed E-state index contributed by atoms with van der Waals surface area (Å²) in [6.07, 6.45) is 5.09. The van der Waals surface area contributed by atoms with Crippen LogP contribution >= 0.6 is 0 Å². The summed E-state index contributed by atoms with van der Waals surface area (Å²) in [6.45, 7) is 1.95. The molecule has 0 aromatic carbocycles. The van der Waals surface area contributed by atoms with Gasteiger partial charge < -0.3 is 5.11 Å². The van der Waals surface area contributed by atoms with Crippen LogP contribution in [0.4, 0.5) is 0 Å². The van der Waals surface area contributed by atoms with Crippen LogP contribution in [0.2, 0.25) is 0 Å². The van der Waals surface area contributed by atoms with E-state index in [1.54, 1.807) is 0 Å². The Morgan fingerprint density at radius 2 is 1.34 bits per heavy atom. The molecule has 2 bridgehead atoms. The van der Waals surface area contributed by atoms with Gasteiger partial charge in [-0.3, -0.25) is 33.8 Å². The average molecular weight is 400 g/mol. The van der Waals surface area contributed by atoms with Crippen molar-refractivity contribution >= 4 is 29.6 Å². The van der Waals surface area contributed by atoms with E-state index in [0.29, 0.717) is 12.8 Å². The molecule has 6 rings (SSSR count). The molecule has 29 heavy (non-hydrogen) atoms. The van der Waals surface area contributed by atoms with Crippen LogP contribution in [0, 0.1) is 47.3 Å². The van der Waals surface area contributed by atoms with Crippen molar-refractivity contribution < 1.29 is 29.1 Å². The first-order valence-corrected chi connectivity index (χ1v) is 10.3. The second-order valence-corrected chi connectivity index (χ2v) is 9.43. The van der Waals surface area contributed by atoms with Crippen molar-refractivity contribution in [3.63, 3.8) is 0 Å². The number of hydrogen-bond donors (Lipinski definition) is 1. The highest BCUT2D eigenvalue weighted by atomic mass is 16.4. The molecular formula is C21H24N2O6. The summed E-state index contributed by atoms with van der Waals surface area (Å²) in [4.78, 5) is 66.1. The summed E-state index contributed by atoms with van der Waals surface area (Å²) in [5.74, 6) is -5.78. The van der Waals surface area contributed by atoms with E-state index in [1.807, 2.05) is 19.1 Å². The Bertz CT molecular complexity index is 830. The van der Waals surface area contributed by atoms with E-state index in [0.717, 1.165) is 4.90 Å². The van der Waals surface area contributed by atoms with Crippen molar-refractivity contribution in [3.8, 4) is 0 Å². The van der Waals surface area contributed by atoms with Crippen molar-refractivity contribution in [3.05, 3.63) is 12.2 Å². The molecule has 1 N–H and O–H groups in total. The normalized spacial score (nSPS) is 45.8. The molecule has 154 valence electrons. The number of aliphatic carboxylic acids is 1. The third-order valence-corrected chi connectivity index (χ3v) is 7.90. The van der Waals surface area contributed by atoms with Gasteiger partial charge in [-0.15, -0.1) is 0 Å². The van der Waals surface area contributed by atoms with Crippen LogP contribution < -0.4 is 0 Å². The van der Waals surface area contributed by atoms with E-state index >= 15 is 0 Å². The third kappa shape index (κ3) is 2.28. The smallest absolute Gasteiger partial charge is 0.306 e. The number of carboxylic acid groups (broad SMARTS) is 1. The molecule has 8 nitrogen and oxygen atoms in total. The zero-order chi connectivity index (χ0) is 20.8. The number of carbonyl (C=O) groups excluding carboxylic acids is 4. The second-order valence-electron chi connectivity index (χ2n) is 9.43. The van der Waals surface area contributed by atoms with Crippen molar-refractivity contribution in [1.82, 2.24) is 9.80 Å². The molecule has 4 fully saturated rings. The zero-order valence-electron chi connectivity index (χ0n) is 16.4. The van der Waals surface area contributed by atoms with Crippen LogP contribution in [0.25, 0.3) is 0 Å². The lowest BCUT2D eigenvalue weighted by molar-refractivity contribution is -0.150. The van der Waals surface area contributed by atoms with Gasteiger partial charge in [0.05, 0.1) is 29.6 Å². The van der Waals surface area contributed by atoms with Crippen LogP contribution in [0.3, 0.4) is 0 Å². The molecule has 2 aliphatic heterocycles. The van der Waals surface area contributed by atoms with Crippen LogP contribution in [0.1, 0.15) is 26.2 Å². The molecule has 0 aromatic rings. The predicted octanol–water partition coefficient (Wildman–Crippen LogP) is 0.524. The van der Waals surface area contributed by atoms with Gasteiger partial charge in [0.15, 0.2) is 0 Å². The monoisotopic (exact) mass is 400 g/mol. The van der Waals surface area contributed by atoms with Crippen molar-refractivity contribution in [2.24, 2.45) is 47.3 Å². The largest absolute Gasteiger partial charge is 0.481 e. The number of likely N-dealkylation sites (tertiary alicyclic amines) is 2. The third-order valence-electron chi connectivity index (χ3n) is 7.90. The maximum absolute atomic E-state index is 13.4. The molecule has 0 radical (unpaired) electrons. The molecule has 8 heteroatoms. The number of allylic oxidation sites excluding steroid dienone is 2. The molecule has 4 aliphatic carbocycles. The first kappa shape index (κ1) is 18.5. The summed E-state index contributed by atoms with van der Waals surface area (Å²) in [5.41, 5.74) is 0. The molecule has 0 spiro atoms. The molecule has 9 atom stereocenters. The van der Waals surface area contributed by atoms with Crippen LogP contribution in [-0.4, -0.2) is 57.6 Å². The van der Waals surface area contributed by atoms with Gasteiger partial charge in [0.2, 0.25) is 23.6 Å². The summed E-state index contributed by atoms with van der Waals surface area (Å²) >= 11 is 0. The average Bonchev–Trinajstić information content (AvgIpc) is 3.10. The maximum atomic E-state index is 13.4. The van der Waals surface area contributed by atoms with Crippen LogP contribution in [-0.2, 0) is 24.0 Å². The lowest BCUT2D eigenvalue weighted by Gasteiger charge is -2.44. The number of imide groups is 2. The number of nitrogens with zero attached hydrogens (tertiary/aromatic N) is 2. The van der Waals surface area contributed by atoms with Gasteiger partial charge >= 0.3 is 5.97 Å². The van der Waals surface area contributed by atoms with Gasteiger partial charge in [-0.25, -0.2) is 0 Å². The fraction of sp³-hybridized carbons (Fsp3) is 0.667. The highest BCUT2D eigenvalue weighted by Crippen LogP contribution is 2.58. The van der Waals surface area contributed by atoms with Gasteiger partial charge in [-0.05, 0) is 25.2 Å². The molecule has 0 aromatic heterocycles. The van der Waals surface area contributed by atoms with Gasteiger partial charge in [-0.2, -0.15) is 0 Å². The van der Waals surface area contributed by atoms with E-state index in [-0.39, 0.29) is 36.0 Å². The molecule has 2 heterocycles. The van der Waals surface area contributed by atoms with Crippen molar-refractivity contribution in [1.29, 1.82) is 0 Å². The zero-order valence-corrected chi connectivity index (χ0v) is 16.4. The number of amides is 4. The van der Waals surface area contributed by atoms with Gasteiger partial charge in [0.1, 0.15) is 0 Å². The van der Waals surface area contributed by atoms with E-state index in [4.69, 9.17) is 0 Å². The van der Waals surface area contributed by atoms with E-state index in [9.17, 15) is 29.1 Å². The Morgan fingerprint density at radius 3 is 1.83 bits per heavy atom.